The molecule has 1 fully saturated rings. The van der Waals surface area contributed by atoms with Gasteiger partial charge in [0.05, 0.1) is 6.61 Å². The van der Waals surface area contributed by atoms with E-state index in [1.165, 1.54) is 0 Å². The van der Waals surface area contributed by atoms with E-state index in [1.54, 1.807) is 7.11 Å². The SMILES string of the molecule is COC[C@H]1C[C@@H]1NC(N)=O. The van der Waals surface area contributed by atoms with Gasteiger partial charge in [-0.25, -0.2) is 4.79 Å². The van der Waals surface area contributed by atoms with Gasteiger partial charge in [0.15, 0.2) is 0 Å². The van der Waals surface area contributed by atoms with Crippen LogP contribution in [0.4, 0.5) is 4.79 Å². The Bertz CT molecular complexity index is 138. The molecule has 4 nitrogen and oxygen atoms in total. The molecule has 58 valence electrons. The van der Waals surface area contributed by atoms with E-state index in [0.717, 1.165) is 6.42 Å². The molecule has 0 aliphatic heterocycles. The smallest absolute Gasteiger partial charge is 0.312 e. The van der Waals surface area contributed by atoms with Gasteiger partial charge in [0.25, 0.3) is 0 Å². The van der Waals surface area contributed by atoms with Gasteiger partial charge in [-0.3, -0.25) is 0 Å². The number of hydrogen-bond donors (Lipinski definition) is 2. The molecule has 0 heterocycles. The molecule has 0 radical (unpaired) electrons. The molecule has 2 amide bonds. The van der Waals surface area contributed by atoms with Crippen LogP contribution < -0.4 is 11.1 Å². The van der Waals surface area contributed by atoms with Crippen molar-refractivity contribution >= 4 is 6.03 Å². The number of amides is 2. The Labute approximate surface area is 59.7 Å². The van der Waals surface area contributed by atoms with Crippen LogP contribution in [0.15, 0.2) is 0 Å². The molecule has 0 bridgehead atoms. The number of primary amides is 1. The molecule has 1 saturated carbocycles. The highest BCUT2D eigenvalue weighted by atomic mass is 16.5. The van der Waals surface area contributed by atoms with Crippen LogP contribution in [0.2, 0.25) is 0 Å². The lowest BCUT2D eigenvalue weighted by atomic mass is 10.4. The lowest BCUT2D eigenvalue weighted by molar-refractivity contribution is 0.182. The topological polar surface area (TPSA) is 64.3 Å². The lowest BCUT2D eigenvalue weighted by Crippen LogP contribution is -2.32. The summed E-state index contributed by atoms with van der Waals surface area (Å²) < 4.78 is 4.89. The highest BCUT2D eigenvalue weighted by Crippen LogP contribution is 2.29. The largest absolute Gasteiger partial charge is 0.384 e. The van der Waals surface area contributed by atoms with Gasteiger partial charge in [-0.15, -0.1) is 0 Å². The molecule has 10 heavy (non-hydrogen) atoms. The summed E-state index contributed by atoms with van der Waals surface area (Å²) in [6.07, 6.45) is 0.997. The third-order valence-corrected chi connectivity index (χ3v) is 1.63. The van der Waals surface area contributed by atoms with E-state index in [-0.39, 0.29) is 6.04 Å². The minimum absolute atomic E-state index is 0.262. The van der Waals surface area contributed by atoms with Crippen LogP contribution in [0.3, 0.4) is 0 Å². The van der Waals surface area contributed by atoms with Crippen molar-refractivity contribution in [3.05, 3.63) is 0 Å². The summed E-state index contributed by atoms with van der Waals surface area (Å²) in [5.41, 5.74) is 4.90. The molecule has 0 spiro atoms. The lowest BCUT2D eigenvalue weighted by Gasteiger charge is -1.98. The summed E-state index contributed by atoms with van der Waals surface area (Å²) in [6, 6.07) is -0.180. The zero-order valence-electron chi connectivity index (χ0n) is 5.96. The molecule has 0 aromatic heterocycles. The van der Waals surface area contributed by atoms with Gasteiger partial charge in [-0.05, 0) is 6.42 Å². The van der Waals surface area contributed by atoms with Crippen LogP contribution in [0.25, 0.3) is 0 Å². The summed E-state index contributed by atoms with van der Waals surface area (Å²) in [6.45, 7) is 0.713. The fourth-order valence-corrected chi connectivity index (χ4v) is 1.01. The number of carbonyl (C=O) groups excluding carboxylic acids is 1. The van der Waals surface area contributed by atoms with Crippen molar-refractivity contribution in [3.8, 4) is 0 Å². The van der Waals surface area contributed by atoms with Gasteiger partial charge in [0.2, 0.25) is 0 Å². The molecule has 1 aliphatic rings. The second kappa shape index (κ2) is 2.88. The number of urea groups is 1. The van der Waals surface area contributed by atoms with Gasteiger partial charge in [0.1, 0.15) is 0 Å². The van der Waals surface area contributed by atoms with Crippen molar-refractivity contribution in [2.75, 3.05) is 13.7 Å². The monoisotopic (exact) mass is 144 g/mol. The first-order valence-corrected chi connectivity index (χ1v) is 3.29. The number of nitrogens with one attached hydrogen (secondary N) is 1. The Morgan fingerprint density at radius 3 is 3.10 bits per heavy atom. The maximum Gasteiger partial charge on any atom is 0.312 e. The predicted molar refractivity (Wildman–Crippen MR) is 36.5 cm³/mol. The highest BCUT2D eigenvalue weighted by molar-refractivity contribution is 5.72. The molecule has 1 rings (SSSR count). The summed E-state index contributed by atoms with van der Waals surface area (Å²) in [5, 5.41) is 2.61. The fraction of sp³-hybridized carbons (Fsp3) is 0.833. The van der Waals surface area contributed by atoms with Gasteiger partial charge in [0, 0.05) is 19.1 Å². The van der Waals surface area contributed by atoms with Crippen LogP contribution in [-0.4, -0.2) is 25.8 Å². The van der Waals surface area contributed by atoms with Crippen molar-refractivity contribution in [2.45, 2.75) is 12.5 Å². The molecule has 3 N–H and O–H groups in total. The molecule has 4 heteroatoms. The number of nitrogens with two attached hydrogens (primary N) is 1. The molecule has 0 aromatic rings. The second-order valence-electron chi connectivity index (χ2n) is 2.57. The average Bonchev–Trinajstić information content (AvgIpc) is 2.47. The molecular formula is C6H12N2O2. The average molecular weight is 144 g/mol. The standard InChI is InChI=1S/C6H12N2O2/c1-10-3-4-2-5(4)8-6(7)9/h4-5H,2-3H2,1H3,(H3,7,8,9)/t4-,5+/m1/s1. The summed E-state index contributed by atoms with van der Waals surface area (Å²) >= 11 is 0. The van der Waals surface area contributed by atoms with E-state index in [9.17, 15) is 4.79 Å². The summed E-state index contributed by atoms with van der Waals surface area (Å²) in [7, 11) is 1.65. The minimum Gasteiger partial charge on any atom is -0.384 e. The Hall–Kier alpha value is -0.770. The number of methoxy groups -OCH3 is 1. The van der Waals surface area contributed by atoms with Crippen LogP contribution in [-0.2, 0) is 4.74 Å². The van der Waals surface area contributed by atoms with Crippen molar-refractivity contribution in [3.63, 3.8) is 0 Å². The first-order valence-electron chi connectivity index (χ1n) is 3.29. The van der Waals surface area contributed by atoms with Crippen LogP contribution in [0, 0.1) is 5.92 Å². The van der Waals surface area contributed by atoms with Gasteiger partial charge >= 0.3 is 6.03 Å². The Balaban J connectivity index is 2.07. The molecule has 0 unspecified atom stereocenters. The van der Waals surface area contributed by atoms with E-state index in [2.05, 4.69) is 5.32 Å². The minimum atomic E-state index is -0.441. The highest BCUT2D eigenvalue weighted by Gasteiger charge is 2.37. The number of carbonyl (C=O) groups is 1. The van der Waals surface area contributed by atoms with Crippen LogP contribution in [0.5, 0.6) is 0 Å². The molecule has 2 atom stereocenters. The predicted octanol–water partition coefficient (Wildman–Crippen LogP) is -0.310. The van der Waals surface area contributed by atoms with Gasteiger partial charge in [-0.2, -0.15) is 0 Å². The normalized spacial score (nSPS) is 29.7. The van der Waals surface area contributed by atoms with E-state index in [0.29, 0.717) is 12.5 Å². The Morgan fingerprint density at radius 1 is 1.90 bits per heavy atom. The van der Waals surface area contributed by atoms with Crippen molar-refractivity contribution in [2.24, 2.45) is 11.7 Å². The summed E-state index contributed by atoms with van der Waals surface area (Å²) in [5.74, 6) is 0.484. The third-order valence-electron chi connectivity index (χ3n) is 1.63. The van der Waals surface area contributed by atoms with E-state index in [1.807, 2.05) is 0 Å². The Kier molecular flexibility index (Phi) is 2.11. The molecule has 0 saturated heterocycles. The third kappa shape index (κ3) is 1.88. The molecule has 1 aliphatic carbocycles. The zero-order valence-corrected chi connectivity index (χ0v) is 5.96. The van der Waals surface area contributed by atoms with Gasteiger partial charge < -0.3 is 15.8 Å². The Morgan fingerprint density at radius 2 is 2.60 bits per heavy atom. The maximum absolute atomic E-state index is 10.3. The second-order valence-corrected chi connectivity index (χ2v) is 2.57. The van der Waals surface area contributed by atoms with Crippen LogP contribution >= 0.6 is 0 Å². The molecule has 0 aromatic carbocycles. The van der Waals surface area contributed by atoms with Gasteiger partial charge in [-0.1, -0.05) is 0 Å². The van der Waals surface area contributed by atoms with E-state index >= 15 is 0 Å². The molecular weight excluding hydrogens is 132 g/mol. The van der Waals surface area contributed by atoms with Crippen molar-refractivity contribution in [1.29, 1.82) is 0 Å². The number of rotatable bonds is 3. The number of ether oxygens (including phenoxy) is 1. The first kappa shape index (κ1) is 7.34. The fourth-order valence-electron chi connectivity index (χ4n) is 1.01. The zero-order chi connectivity index (χ0) is 7.56. The number of hydrogen-bond acceptors (Lipinski definition) is 2. The van der Waals surface area contributed by atoms with Crippen molar-refractivity contribution in [1.82, 2.24) is 5.32 Å². The van der Waals surface area contributed by atoms with E-state index < -0.39 is 6.03 Å². The van der Waals surface area contributed by atoms with E-state index in [4.69, 9.17) is 10.5 Å². The summed E-state index contributed by atoms with van der Waals surface area (Å²) in [4.78, 5) is 10.3. The van der Waals surface area contributed by atoms with Crippen LogP contribution in [0.1, 0.15) is 6.42 Å². The van der Waals surface area contributed by atoms with Crippen molar-refractivity contribution < 1.29 is 9.53 Å². The quantitative estimate of drug-likeness (QED) is 0.570. The first-order chi connectivity index (χ1) is 4.74. The maximum atomic E-state index is 10.3.